The van der Waals surface area contributed by atoms with E-state index in [2.05, 4.69) is 12.2 Å². The molecule has 0 spiro atoms. The molecule has 2 nitrogen and oxygen atoms in total. The first-order valence-electron chi connectivity index (χ1n) is 7.44. The molecule has 0 amide bonds. The molecule has 0 bridgehead atoms. The molecule has 0 radical (unpaired) electrons. The van der Waals surface area contributed by atoms with Gasteiger partial charge >= 0.3 is 0 Å². The van der Waals surface area contributed by atoms with Crippen molar-refractivity contribution in [2.24, 2.45) is 5.92 Å². The summed E-state index contributed by atoms with van der Waals surface area (Å²) in [7, 11) is 0. The van der Waals surface area contributed by atoms with E-state index < -0.39 is 0 Å². The van der Waals surface area contributed by atoms with Gasteiger partial charge in [-0.25, -0.2) is 4.39 Å². The Kier molecular flexibility index (Phi) is 5.82. The van der Waals surface area contributed by atoms with Gasteiger partial charge in [0, 0.05) is 12.6 Å². The van der Waals surface area contributed by atoms with E-state index in [1.165, 1.54) is 18.9 Å². The highest BCUT2D eigenvalue weighted by molar-refractivity contribution is 6.30. The Labute approximate surface area is 125 Å². The average Bonchev–Trinajstić information content (AvgIpc) is 3.24. The fraction of sp³-hybridized carbons (Fsp3) is 0.625. The monoisotopic (exact) mass is 299 g/mol. The van der Waals surface area contributed by atoms with Crippen LogP contribution in [-0.4, -0.2) is 25.3 Å². The van der Waals surface area contributed by atoms with Crippen molar-refractivity contribution in [2.45, 2.75) is 45.3 Å². The van der Waals surface area contributed by atoms with Gasteiger partial charge in [-0.05, 0) is 56.3 Å². The third kappa shape index (κ3) is 4.18. The molecule has 2 atom stereocenters. The maximum Gasteiger partial charge on any atom is 0.141 e. The molecule has 20 heavy (non-hydrogen) atoms. The van der Waals surface area contributed by atoms with E-state index in [-0.39, 0.29) is 23.0 Å². The first-order valence-corrected chi connectivity index (χ1v) is 7.82. The Hall–Kier alpha value is -0.640. The van der Waals surface area contributed by atoms with Crippen LogP contribution in [0.5, 0.6) is 0 Å². The van der Waals surface area contributed by atoms with Crippen molar-refractivity contribution >= 4 is 11.6 Å². The van der Waals surface area contributed by atoms with E-state index in [1.807, 2.05) is 13.0 Å². The summed E-state index contributed by atoms with van der Waals surface area (Å²) in [6, 6.07) is 5.22. The number of hydrogen-bond acceptors (Lipinski definition) is 2. The lowest BCUT2D eigenvalue weighted by Gasteiger charge is -2.28. The number of ether oxygens (including phenoxy) is 1. The quantitative estimate of drug-likeness (QED) is 0.788. The zero-order valence-corrected chi connectivity index (χ0v) is 12.9. The Morgan fingerprint density at radius 2 is 2.15 bits per heavy atom. The maximum absolute atomic E-state index is 13.2. The van der Waals surface area contributed by atoms with Crippen LogP contribution < -0.4 is 5.32 Å². The van der Waals surface area contributed by atoms with Crippen molar-refractivity contribution in [3.05, 3.63) is 34.6 Å². The van der Waals surface area contributed by atoms with Crippen LogP contribution in [0, 0.1) is 11.7 Å². The Morgan fingerprint density at radius 3 is 2.70 bits per heavy atom. The van der Waals surface area contributed by atoms with Crippen molar-refractivity contribution in [3.63, 3.8) is 0 Å². The summed E-state index contributed by atoms with van der Waals surface area (Å²) in [4.78, 5) is 0. The van der Waals surface area contributed by atoms with Gasteiger partial charge in [-0.15, -0.1) is 0 Å². The number of likely N-dealkylation sites (N-methyl/N-ethyl adjacent to an activating group) is 1. The minimum absolute atomic E-state index is 0.192. The molecular formula is C16H23ClFNO. The summed E-state index contributed by atoms with van der Waals surface area (Å²) in [5.74, 6) is 0.300. The minimum atomic E-state index is -0.362. The predicted octanol–water partition coefficient (Wildman–Crippen LogP) is 3.81. The zero-order chi connectivity index (χ0) is 14.5. The molecule has 4 heteroatoms. The number of nitrogens with one attached hydrogen (secondary N) is 1. The van der Waals surface area contributed by atoms with Gasteiger partial charge < -0.3 is 10.1 Å². The molecule has 1 N–H and O–H groups in total. The number of hydrogen-bond donors (Lipinski definition) is 1. The van der Waals surface area contributed by atoms with Crippen molar-refractivity contribution in [1.29, 1.82) is 0 Å². The SMILES string of the molecule is CCNC(Cc1ccc(F)c(Cl)c1)C(OCC)C1CC1. The van der Waals surface area contributed by atoms with Crippen molar-refractivity contribution in [3.8, 4) is 0 Å². The molecule has 0 aromatic heterocycles. The first kappa shape index (κ1) is 15.7. The van der Waals surface area contributed by atoms with Crippen LogP contribution in [0.3, 0.4) is 0 Å². The van der Waals surface area contributed by atoms with Gasteiger partial charge in [0.25, 0.3) is 0 Å². The van der Waals surface area contributed by atoms with Gasteiger partial charge in [0.2, 0.25) is 0 Å². The van der Waals surface area contributed by atoms with Crippen LogP contribution in [0.4, 0.5) is 4.39 Å². The summed E-state index contributed by atoms with van der Waals surface area (Å²) >= 11 is 5.86. The average molecular weight is 300 g/mol. The zero-order valence-electron chi connectivity index (χ0n) is 12.2. The molecule has 0 aliphatic heterocycles. The van der Waals surface area contributed by atoms with E-state index in [4.69, 9.17) is 16.3 Å². The van der Waals surface area contributed by atoms with E-state index in [9.17, 15) is 4.39 Å². The van der Waals surface area contributed by atoms with Crippen LogP contribution in [0.15, 0.2) is 18.2 Å². The molecule has 1 fully saturated rings. The van der Waals surface area contributed by atoms with Crippen LogP contribution in [0.25, 0.3) is 0 Å². The fourth-order valence-corrected chi connectivity index (χ4v) is 2.89. The topological polar surface area (TPSA) is 21.3 Å². The third-order valence-electron chi connectivity index (χ3n) is 3.75. The Balaban J connectivity index is 2.08. The molecule has 0 heterocycles. The fourth-order valence-electron chi connectivity index (χ4n) is 2.69. The molecule has 0 saturated heterocycles. The Morgan fingerprint density at radius 1 is 1.40 bits per heavy atom. The molecule has 1 saturated carbocycles. The first-order chi connectivity index (χ1) is 9.65. The normalized spacial score (nSPS) is 18.0. The lowest BCUT2D eigenvalue weighted by molar-refractivity contribution is 0.0196. The second-order valence-corrected chi connectivity index (χ2v) is 5.78. The number of benzene rings is 1. The highest BCUT2D eigenvalue weighted by Crippen LogP contribution is 2.36. The predicted molar refractivity (Wildman–Crippen MR) is 80.7 cm³/mol. The summed E-state index contributed by atoms with van der Waals surface area (Å²) in [5, 5.41) is 3.70. The van der Waals surface area contributed by atoms with Gasteiger partial charge in [0.1, 0.15) is 5.82 Å². The second-order valence-electron chi connectivity index (χ2n) is 5.37. The standard InChI is InChI=1S/C16H23ClFNO/c1-3-19-15(16(20-4-2)12-6-7-12)10-11-5-8-14(18)13(17)9-11/h5,8-9,12,15-16,19H,3-4,6-7,10H2,1-2H3. The van der Waals surface area contributed by atoms with E-state index >= 15 is 0 Å². The summed E-state index contributed by atoms with van der Waals surface area (Å²) in [6.45, 7) is 5.76. The van der Waals surface area contributed by atoms with Crippen molar-refractivity contribution < 1.29 is 9.13 Å². The van der Waals surface area contributed by atoms with Crippen molar-refractivity contribution in [1.82, 2.24) is 5.32 Å². The lowest BCUT2D eigenvalue weighted by atomic mass is 9.98. The van der Waals surface area contributed by atoms with Gasteiger partial charge in [0.05, 0.1) is 11.1 Å². The molecule has 1 aliphatic carbocycles. The van der Waals surface area contributed by atoms with Crippen LogP contribution in [0.1, 0.15) is 32.3 Å². The Bertz CT molecular complexity index is 436. The maximum atomic E-state index is 13.2. The van der Waals surface area contributed by atoms with Crippen molar-refractivity contribution in [2.75, 3.05) is 13.2 Å². The number of rotatable bonds is 8. The van der Waals surface area contributed by atoms with E-state index in [1.54, 1.807) is 6.07 Å². The van der Waals surface area contributed by atoms with E-state index in [0.717, 1.165) is 25.1 Å². The third-order valence-corrected chi connectivity index (χ3v) is 4.04. The molecule has 2 rings (SSSR count). The van der Waals surface area contributed by atoms with Crippen LogP contribution in [0.2, 0.25) is 5.02 Å². The summed E-state index contributed by atoms with van der Waals surface area (Å²) in [5.41, 5.74) is 1.05. The molecule has 1 aromatic carbocycles. The largest absolute Gasteiger partial charge is 0.377 e. The highest BCUT2D eigenvalue weighted by Gasteiger charge is 2.36. The van der Waals surface area contributed by atoms with Gasteiger partial charge in [-0.2, -0.15) is 0 Å². The van der Waals surface area contributed by atoms with Gasteiger partial charge in [-0.1, -0.05) is 24.6 Å². The smallest absolute Gasteiger partial charge is 0.141 e. The highest BCUT2D eigenvalue weighted by atomic mass is 35.5. The van der Waals surface area contributed by atoms with Gasteiger partial charge in [-0.3, -0.25) is 0 Å². The molecule has 1 aliphatic rings. The molecule has 2 unspecified atom stereocenters. The van der Waals surface area contributed by atoms with Gasteiger partial charge in [0.15, 0.2) is 0 Å². The molecule has 1 aromatic rings. The van der Waals surface area contributed by atoms with Crippen LogP contribution in [-0.2, 0) is 11.2 Å². The molecular weight excluding hydrogens is 277 g/mol. The summed E-state index contributed by atoms with van der Waals surface area (Å²) in [6.07, 6.45) is 3.55. The lowest BCUT2D eigenvalue weighted by Crippen LogP contribution is -2.44. The summed E-state index contributed by atoms with van der Waals surface area (Å²) < 4.78 is 19.2. The van der Waals surface area contributed by atoms with E-state index in [0.29, 0.717) is 5.92 Å². The number of halogens is 2. The minimum Gasteiger partial charge on any atom is -0.377 e. The molecule has 112 valence electrons. The van der Waals surface area contributed by atoms with Crippen LogP contribution >= 0.6 is 11.6 Å². The second kappa shape index (κ2) is 7.39.